The highest BCUT2D eigenvalue weighted by atomic mass is 35.5. The van der Waals surface area contributed by atoms with Gasteiger partial charge in [-0.25, -0.2) is 4.98 Å². The third kappa shape index (κ3) is 3.92. The number of nitrogens with zero attached hydrogens (tertiary/aromatic N) is 2. The van der Waals surface area contributed by atoms with Crippen LogP contribution in [0, 0.1) is 6.92 Å². The number of ether oxygens (including phenoxy) is 1. The topological polar surface area (TPSA) is 37.4 Å². The van der Waals surface area contributed by atoms with Gasteiger partial charge in [-0.05, 0) is 50.8 Å². The van der Waals surface area contributed by atoms with E-state index < -0.39 is 0 Å². The number of pyridine rings is 1. The van der Waals surface area contributed by atoms with Crippen LogP contribution in [0.25, 0.3) is 10.9 Å². The molecule has 4 nitrogen and oxygen atoms in total. The van der Waals surface area contributed by atoms with Crippen molar-refractivity contribution >= 4 is 28.2 Å². The van der Waals surface area contributed by atoms with E-state index in [2.05, 4.69) is 53.6 Å². The van der Waals surface area contributed by atoms with Crippen molar-refractivity contribution in [2.45, 2.75) is 13.0 Å². The number of methoxy groups -OCH3 is 1. The van der Waals surface area contributed by atoms with Crippen molar-refractivity contribution < 1.29 is 4.74 Å². The molecule has 1 heterocycles. The average molecular weight is 370 g/mol. The van der Waals surface area contributed by atoms with E-state index in [1.807, 2.05) is 31.2 Å². The first-order valence-electron chi connectivity index (χ1n) is 8.59. The summed E-state index contributed by atoms with van der Waals surface area (Å²) in [7, 11) is 5.84. The zero-order valence-corrected chi connectivity index (χ0v) is 16.3. The summed E-state index contributed by atoms with van der Waals surface area (Å²) < 4.78 is 5.47. The summed E-state index contributed by atoms with van der Waals surface area (Å²) in [6.45, 7) is 2.77. The van der Waals surface area contributed by atoms with Crippen LogP contribution in [0.2, 0.25) is 5.02 Å². The summed E-state index contributed by atoms with van der Waals surface area (Å²) in [5.74, 6) is 0.788. The van der Waals surface area contributed by atoms with Crippen molar-refractivity contribution in [2.75, 3.05) is 33.1 Å². The second-order valence-electron chi connectivity index (χ2n) is 6.58. The monoisotopic (exact) mass is 369 g/mol. The lowest BCUT2D eigenvalue weighted by atomic mass is 10.1. The molecule has 1 N–H and O–H groups in total. The molecule has 26 heavy (non-hydrogen) atoms. The van der Waals surface area contributed by atoms with Gasteiger partial charge in [0.15, 0.2) is 0 Å². The summed E-state index contributed by atoms with van der Waals surface area (Å²) >= 11 is 6.03. The zero-order chi connectivity index (χ0) is 18.7. The van der Waals surface area contributed by atoms with Crippen LogP contribution in [-0.2, 0) is 0 Å². The number of hydrogen-bond donors (Lipinski definition) is 1. The Bertz CT molecular complexity index is 894. The van der Waals surface area contributed by atoms with Crippen molar-refractivity contribution in [1.29, 1.82) is 0 Å². The van der Waals surface area contributed by atoms with E-state index in [0.717, 1.165) is 39.6 Å². The Hall–Kier alpha value is -2.30. The molecule has 136 valence electrons. The summed E-state index contributed by atoms with van der Waals surface area (Å²) in [6, 6.07) is 16.3. The molecular formula is C21H24ClN3O. The number of likely N-dealkylation sites (N-methyl/N-ethyl adjacent to an activating group) is 1. The zero-order valence-electron chi connectivity index (χ0n) is 15.6. The summed E-state index contributed by atoms with van der Waals surface area (Å²) in [5.41, 5.74) is 4.12. The Morgan fingerprint density at radius 1 is 1.15 bits per heavy atom. The number of para-hydroxylation sites is 1. The smallest absolute Gasteiger partial charge is 0.145 e. The van der Waals surface area contributed by atoms with Crippen molar-refractivity contribution in [3.8, 4) is 5.75 Å². The van der Waals surface area contributed by atoms with Gasteiger partial charge in [-0.2, -0.15) is 0 Å². The average Bonchev–Trinajstić information content (AvgIpc) is 2.62. The molecule has 0 spiro atoms. The number of aryl methyl sites for hydroxylation is 1. The third-order valence-electron chi connectivity index (χ3n) is 4.51. The fraction of sp³-hybridized carbons (Fsp3) is 0.286. The van der Waals surface area contributed by atoms with Crippen LogP contribution in [-0.4, -0.2) is 37.6 Å². The lowest BCUT2D eigenvalue weighted by Crippen LogP contribution is -2.26. The van der Waals surface area contributed by atoms with E-state index in [9.17, 15) is 0 Å². The van der Waals surface area contributed by atoms with Gasteiger partial charge in [0, 0.05) is 28.3 Å². The van der Waals surface area contributed by atoms with Crippen molar-refractivity contribution in [1.82, 2.24) is 9.88 Å². The van der Waals surface area contributed by atoms with Crippen LogP contribution in [0.3, 0.4) is 0 Å². The molecule has 0 bridgehead atoms. The largest absolute Gasteiger partial charge is 0.494 e. The van der Waals surface area contributed by atoms with Gasteiger partial charge in [-0.3, -0.25) is 0 Å². The molecule has 0 radical (unpaired) electrons. The first-order chi connectivity index (χ1) is 12.5. The lowest BCUT2D eigenvalue weighted by molar-refractivity contribution is 0.312. The molecule has 0 aliphatic carbocycles. The maximum atomic E-state index is 6.03. The lowest BCUT2D eigenvalue weighted by Gasteiger charge is -2.26. The molecule has 0 amide bonds. The minimum atomic E-state index is 0.224. The maximum Gasteiger partial charge on any atom is 0.145 e. The van der Waals surface area contributed by atoms with Crippen LogP contribution in [0.15, 0.2) is 48.5 Å². The van der Waals surface area contributed by atoms with Gasteiger partial charge in [-0.15, -0.1) is 0 Å². The minimum absolute atomic E-state index is 0.224. The van der Waals surface area contributed by atoms with Crippen molar-refractivity contribution in [3.63, 3.8) is 0 Å². The first-order valence-corrected chi connectivity index (χ1v) is 8.97. The van der Waals surface area contributed by atoms with Gasteiger partial charge in [0.1, 0.15) is 11.3 Å². The Morgan fingerprint density at radius 3 is 2.54 bits per heavy atom. The van der Waals surface area contributed by atoms with Crippen molar-refractivity contribution in [3.05, 3.63) is 64.8 Å². The fourth-order valence-corrected chi connectivity index (χ4v) is 3.28. The number of rotatable bonds is 6. The second kappa shape index (κ2) is 7.94. The minimum Gasteiger partial charge on any atom is -0.494 e. The quantitative estimate of drug-likeness (QED) is 0.669. The van der Waals surface area contributed by atoms with E-state index in [4.69, 9.17) is 16.3 Å². The predicted octanol–water partition coefficient (Wildman–Crippen LogP) is 4.92. The third-order valence-corrected chi connectivity index (χ3v) is 4.77. The highest BCUT2D eigenvalue weighted by Gasteiger charge is 2.15. The Labute approximate surface area is 159 Å². The molecule has 1 unspecified atom stereocenters. The molecule has 0 aliphatic rings. The Balaban J connectivity index is 1.91. The van der Waals surface area contributed by atoms with E-state index in [-0.39, 0.29) is 6.04 Å². The number of halogens is 1. The SMILES string of the molecule is COc1cccc2c(NCC(c3ccc(Cl)cc3)N(C)C)cc(C)nc12. The van der Waals surface area contributed by atoms with E-state index in [0.29, 0.717) is 0 Å². The highest BCUT2D eigenvalue weighted by molar-refractivity contribution is 6.30. The number of anilines is 1. The summed E-state index contributed by atoms with van der Waals surface area (Å²) in [4.78, 5) is 6.85. The van der Waals surface area contributed by atoms with Gasteiger partial charge < -0.3 is 15.0 Å². The summed E-state index contributed by atoms with van der Waals surface area (Å²) in [6.07, 6.45) is 0. The molecule has 0 saturated heterocycles. The molecule has 0 aliphatic heterocycles. The molecule has 3 aromatic rings. The van der Waals surface area contributed by atoms with Gasteiger partial charge >= 0.3 is 0 Å². The molecular weight excluding hydrogens is 346 g/mol. The number of benzene rings is 2. The van der Waals surface area contributed by atoms with Crippen LogP contribution in [0.4, 0.5) is 5.69 Å². The summed E-state index contributed by atoms with van der Waals surface area (Å²) in [5, 5.41) is 5.41. The maximum absolute atomic E-state index is 6.03. The van der Waals surface area contributed by atoms with E-state index in [1.54, 1.807) is 7.11 Å². The van der Waals surface area contributed by atoms with E-state index in [1.165, 1.54) is 5.56 Å². The molecule has 2 aromatic carbocycles. The normalized spacial score (nSPS) is 12.4. The molecule has 0 fully saturated rings. The van der Waals surface area contributed by atoms with Gasteiger partial charge in [0.25, 0.3) is 0 Å². The molecule has 3 rings (SSSR count). The Kier molecular flexibility index (Phi) is 5.64. The van der Waals surface area contributed by atoms with Gasteiger partial charge in [0.2, 0.25) is 0 Å². The first kappa shape index (κ1) is 18.5. The molecule has 1 aromatic heterocycles. The number of nitrogens with one attached hydrogen (secondary N) is 1. The van der Waals surface area contributed by atoms with Gasteiger partial charge in [-0.1, -0.05) is 35.9 Å². The standard InChI is InChI=1S/C21H24ClN3O/c1-14-12-18(17-6-5-7-20(26-4)21(17)24-14)23-13-19(25(2)3)15-8-10-16(22)11-9-15/h5-12,19H,13H2,1-4H3,(H,23,24). The van der Waals surface area contributed by atoms with E-state index >= 15 is 0 Å². The highest BCUT2D eigenvalue weighted by Crippen LogP contribution is 2.30. The van der Waals surface area contributed by atoms with Gasteiger partial charge in [0.05, 0.1) is 13.2 Å². The number of aromatic nitrogens is 1. The van der Waals surface area contributed by atoms with Crippen LogP contribution < -0.4 is 10.1 Å². The number of fused-ring (bicyclic) bond motifs is 1. The Morgan fingerprint density at radius 2 is 1.88 bits per heavy atom. The fourth-order valence-electron chi connectivity index (χ4n) is 3.15. The second-order valence-corrected chi connectivity index (χ2v) is 7.02. The molecule has 5 heteroatoms. The molecule has 1 atom stereocenters. The van der Waals surface area contributed by atoms with Crippen LogP contribution in [0.5, 0.6) is 5.75 Å². The predicted molar refractivity (Wildman–Crippen MR) is 109 cm³/mol. The van der Waals surface area contributed by atoms with Crippen LogP contribution >= 0.6 is 11.6 Å². The van der Waals surface area contributed by atoms with Crippen molar-refractivity contribution in [2.24, 2.45) is 0 Å². The van der Waals surface area contributed by atoms with Crippen LogP contribution in [0.1, 0.15) is 17.3 Å². The molecule has 0 saturated carbocycles. The number of hydrogen-bond acceptors (Lipinski definition) is 4.